The third-order valence-electron chi connectivity index (χ3n) is 3.31. The van der Waals surface area contributed by atoms with Crippen molar-refractivity contribution < 1.29 is 27.4 Å². The van der Waals surface area contributed by atoms with Gasteiger partial charge in [0.2, 0.25) is 0 Å². The highest BCUT2D eigenvalue weighted by Crippen LogP contribution is 2.24. The van der Waals surface area contributed by atoms with E-state index in [2.05, 4.69) is 15.4 Å². The number of carbonyl (C=O) groups excluding carboxylic acids is 1. The maximum absolute atomic E-state index is 12.1. The molecule has 0 saturated carbocycles. The molecule has 25 heavy (non-hydrogen) atoms. The highest BCUT2D eigenvalue weighted by Gasteiger charge is 2.31. The second-order valence-corrected chi connectivity index (χ2v) is 5.17. The van der Waals surface area contributed by atoms with Crippen molar-refractivity contribution in [2.75, 3.05) is 12.4 Å². The Balaban J connectivity index is 1.91. The molecule has 5 nitrogen and oxygen atoms in total. The molecule has 0 radical (unpaired) electrons. The van der Waals surface area contributed by atoms with E-state index in [0.717, 1.165) is 0 Å². The van der Waals surface area contributed by atoms with Crippen LogP contribution in [0.5, 0.6) is 11.5 Å². The second kappa shape index (κ2) is 7.78. The third-order valence-corrected chi connectivity index (χ3v) is 3.31. The summed E-state index contributed by atoms with van der Waals surface area (Å²) in [4.78, 5) is 12.0. The SMILES string of the molecule is COc1ccc(NC(=O)N[C@@H](C)c2ccc(OC(F)(F)F)cc2)cc1. The van der Waals surface area contributed by atoms with Crippen molar-refractivity contribution in [3.05, 3.63) is 54.1 Å². The van der Waals surface area contributed by atoms with Crippen LogP contribution in [0.1, 0.15) is 18.5 Å². The normalized spacial score (nSPS) is 12.2. The first-order valence-electron chi connectivity index (χ1n) is 7.34. The first-order chi connectivity index (χ1) is 11.8. The van der Waals surface area contributed by atoms with Crippen molar-refractivity contribution in [3.63, 3.8) is 0 Å². The molecule has 0 spiro atoms. The van der Waals surface area contributed by atoms with E-state index in [-0.39, 0.29) is 5.75 Å². The molecule has 0 aliphatic carbocycles. The van der Waals surface area contributed by atoms with Gasteiger partial charge in [0.1, 0.15) is 11.5 Å². The molecular weight excluding hydrogens is 337 g/mol. The molecule has 1 atom stereocenters. The van der Waals surface area contributed by atoms with Crippen molar-refractivity contribution in [1.82, 2.24) is 5.32 Å². The Bertz CT molecular complexity index is 701. The van der Waals surface area contributed by atoms with Gasteiger partial charge in [-0.25, -0.2) is 4.79 Å². The molecule has 8 heteroatoms. The lowest BCUT2D eigenvalue weighted by molar-refractivity contribution is -0.274. The zero-order valence-electron chi connectivity index (χ0n) is 13.6. The fourth-order valence-corrected chi connectivity index (χ4v) is 2.08. The van der Waals surface area contributed by atoms with Gasteiger partial charge < -0.3 is 20.1 Å². The zero-order chi connectivity index (χ0) is 18.4. The number of halogens is 3. The smallest absolute Gasteiger partial charge is 0.497 e. The molecule has 0 unspecified atom stereocenters. The molecule has 2 N–H and O–H groups in total. The Morgan fingerprint density at radius 1 is 1.00 bits per heavy atom. The Kier molecular flexibility index (Phi) is 5.74. The number of nitrogens with one attached hydrogen (secondary N) is 2. The third kappa shape index (κ3) is 5.91. The van der Waals surface area contributed by atoms with Gasteiger partial charge in [-0.3, -0.25) is 0 Å². The number of rotatable bonds is 5. The van der Waals surface area contributed by atoms with Crippen LogP contribution < -0.4 is 20.1 Å². The number of methoxy groups -OCH3 is 1. The van der Waals surface area contributed by atoms with Crippen LogP contribution in [-0.4, -0.2) is 19.5 Å². The summed E-state index contributed by atoms with van der Waals surface area (Å²) in [5.74, 6) is 0.353. The van der Waals surface area contributed by atoms with Crippen LogP contribution in [0.15, 0.2) is 48.5 Å². The zero-order valence-corrected chi connectivity index (χ0v) is 13.6. The molecule has 0 heterocycles. The number of ether oxygens (including phenoxy) is 2. The summed E-state index contributed by atoms with van der Waals surface area (Å²) in [6.07, 6.45) is -4.73. The van der Waals surface area contributed by atoms with Crippen LogP contribution in [0.3, 0.4) is 0 Å². The highest BCUT2D eigenvalue weighted by molar-refractivity contribution is 5.89. The standard InChI is InChI=1S/C17H17F3N2O3/c1-11(12-3-7-15(8-4-12)25-17(18,19)20)21-16(23)22-13-5-9-14(24-2)10-6-13/h3-11H,1-2H3,(H2,21,22,23)/t11-/m0/s1. The largest absolute Gasteiger partial charge is 0.573 e. The van der Waals surface area contributed by atoms with E-state index in [1.807, 2.05) is 0 Å². The number of alkyl halides is 3. The van der Waals surface area contributed by atoms with E-state index in [1.54, 1.807) is 38.3 Å². The molecule has 0 aliphatic rings. The van der Waals surface area contributed by atoms with Gasteiger partial charge in [-0.1, -0.05) is 12.1 Å². The Morgan fingerprint density at radius 2 is 1.56 bits per heavy atom. The van der Waals surface area contributed by atoms with E-state index in [0.29, 0.717) is 17.0 Å². The van der Waals surface area contributed by atoms with Crippen molar-refractivity contribution in [1.29, 1.82) is 0 Å². The minimum Gasteiger partial charge on any atom is -0.497 e. The topological polar surface area (TPSA) is 59.6 Å². The number of carbonyl (C=O) groups is 1. The summed E-state index contributed by atoms with van der Waals surface area (Å²) >= 11 is 0. The van der Waals surface area contributed by atoms with E-state index >= 15 is 0 Å². The van der Waals surface area contributed by atoms with E-state index in [9.17, 15) is 18.0 Å². The van der Waals surface area contributed by atoms with Crippen molar-refractivity contribution in [2.24, 2.45) is 0 Å². The first kappa shape index (κ1) is 18.4. The monoisotopic (exact) mass is 354 g/mol. The van der Waals surface area contributed by atoms with Crippen molar-refractivity contribution in [3.8, 4) is 11.5 Å². The Labute approximate surface area is 142 Å². The lowest BCUT2D eigenvalue weighted by Gasteiger charge is -2.16. The first-order valence-corrected chi connectivity index (χ1v) is 7.34. The number of hydrogen-bond acceptors (Lipinski definition) is 3. The van der Waals surface area contributed by atoms with Gasteiger partial charge >= 0.3 is 12.4 Å². The summed E-state index contributed by atoms with van der Waals surface area (Å²) in [6, 6.07) is 11.3. The lowest BCUT2D eigenvalue weighted by atomic mass is 10.1. The molecule has 0 aliphatic heterocycles. The summed E-state index contributed by atoms with van der Waals surface area (Å²) in [5.41, 5.74) is 1.22. The maximum Gasteiger partial charge on any atom is 0.573 e. The van der Waals surface area contributed by atoms with Crippen LogP contribution >= 0.6 is 0 Å². The molecule has 0 saturated heterocycles. The summed E-state index contributed by atoms with van der Waals surface area (Å²) < 4.78 is 45.2. The van der Waals surface area contributed by atoms with Gasteiger partial charge in [-0.2, -0.15) is 0 Å². The fraction of sp³-hybridized carbons (Fsp3) is 0.235. The summed E-state index contributed by atoms with van der Waals surface area (Å²) in [5, 5.41) is 5.35. The molecule has 134 valence electrons. The van der Waals surface area contributed by atoms with Gasteiger partial charge in [0.05, 0.1) is 13.2 Å². The molecular formula is C17H17F3N2O3. The van der Waals surface area contributed by atoms with Crippen molar-refractivity contribution in [2.45, 2.75) is 19.3 Å². The lowest BCUT2D eigenvalue weighted by Crippen LogP contribution is -2.31. The van der Waals surface area contributed by atoms with Crippen LogP contribution in [0.25, 0.3) is 0 Å². The van der Waals surface area contributed by atoms with E-state index in [1.165, 1.54) is 24.3 Å². The summed E-state index contributed by atoms with van der Waals surface area (Å²) in [6.45, 7) is 1.72. The van der Waals surface area contributed by atoms with Gasteiger partial charge in [0.15, 0.2) is 0 Å². The molecule has 2 aromatic carbocycles. The number of hydrogen-bond donors (Lipinski definition) is 2. The number of urea groups is 1. The Morgan fingerprint density at radius 3 is 2.08 bits per heavy atom. The van der Waals surface area contributed by atoms with Crippen LogP contribution in [0.2, 0.25) is 0 Å². The van der Waals surface area contributed by atoms with Crippen LogP contribution in [0, 0.1) is 0 Å². The summed E-state index contributed by atoms with van der Waals surface area (Å²) in [7, 11) is 1.54. The predicted molar refractivity (Wildman–Crippen MR) is 86.7 cm³/mol. The average Bonchev–Trinajstić information content (AvgIpc) is 2.54. The number of benzene rings is 2. The van der Waals surface area contributed by atoms with E-state index in [4.69, 9.17) is 4.74 Å². The van der Waals surface area contributed by atoms with Gasteiger partial charge in [0.25, 0.3) is 0 Å². The van der Waals surface area contributed by atoms with Crippen LogP contribution in [-0.2, 0) is 0 Å². The number of anilines is 1. The van der Waals surface area contributed by atoms with Gasteiger partial charge in [-0.15, -0.1) is 13.2 Å². The van der Waals surface area contributed by atoms with Crippen molar-refractivity contribution >= 4 is 11.7 Å². The molecule has 2 amide bonds. The highest BCUT2D eigenvalue weighted by atomic mass is 19.4. The quantitative estimate of drug-likeness (QED) is 0.832. The predicted octanol–water partition coefficient (Wildman–Crippen LogP) is 4.48. The number of amides is 2. The second-order valence-electron chi connectivity index (χ2n) is 5.17. The average molecular weight is 354 g/mol. The van der Waals surface area contributed by atoms with Gasteiger partial charge in [0, 0.05) is 5.69 Å². The minimum atomic E-state index is -4.73. The molecule has 0 bridgehead atoms. The molecule has 0 aromatic heterocycles. The van der Waals surface area contributed by atoms with E-state index < -0.39 is 18.4 Å². The maximum atomic E-state index is 12.1. The minimum absolute atomic E-state index is 0.314. The fourth-order valence-electron chi connectivity index (χ4n) is 2.08. The molecule has 2 rings (SSSR count). The van der Waals surface area contributed by atoms with Crippen LogP contribution in [0.4, 0.5) is 23.7 Å². The molecule has 0 fully saturated rings. The Hall–Kier alpha value is -2.90. The molecule has 2 aromatic rings. The van der Waals surface area contributed by atoms with Gasteiger partial charge in [-0.05, 0) is 48.9 Å².